The van der Waals surface area contributed by atoms with Gasteiger partial charge in [-0.15, -0.1) is 0 Å². The average Bonchev–Trinajstić information content (AvgIpc) is 2.96. The molecule has 0 unspecified atom stereocenters. The lowest BCUT2D eigenvalue weighted by atomic mass is 10.3. The summed E-state index contributed by atoms with van der Waals surface area (Å²) in [5.74, 6) is 0.255. The molecule has 88 valence electrons. The molecule has 1 aromatic heterocycles. The van der Waals surface area contributed by atoms with Crippen LogP contribution in [0.5, 0.6) is 0 Å². The smallest absolute Gasteiger partial charge is 0.324 e. The Labute approximate surface area is 91.9 Å². The number of aromatic nitrogens is 3. The predicted octanol–water partition coefficient (Wildman–Crippen LogP) is -1.48. The van der Waals surface area contributed by atoms with Crippen LogP contribution >= 0.6 is 0 Å². The van der Waals surface area contributed by atoms with Crippen molar-refractivity contribution >= 4 is 10.1 Å². The van der Waals surface area contributed by atoms with E-state index in [4.69, 9.17) is 16.0 Å². The van der Waals surface area contributed by atoms with Gasteiger partial charge < -0.3 is 11.5 Å². The molecule has 9 heteroatoms. The summed E-state index contributed by atoms with van der Waals surface area (Å²) in [4.78, 5) is 11.1. The summed E-state index contributed by atoms with van der Waals surface area (Å²) in [6, 6.07) is 0. The van der Waals surface area contributed by atoms with Crippen LogP contribution in [0.25, 0.3) is 0 Å². The van der Waals surface area contributed by atoms with Crippen molar-refractivity contribution in [3.8, 4) is 0 Å². The first-order chi connectivity index (χ1) is 7.35. The highest BCUT2D eigenvalue weighted by Gasteiger charge is 2.44. The van der Waals surface area contributed by atoms with Gasteiger partial charge in [-0.25, -0.2) is 4.98 Å². The van der Waals surface area contributed by atoms with Crippen LogP contribution in [0.1, 0.15) is 24.5 Å². The van der Waals surface area contributed by atoms with Crippen molar-refractivity contribution in [1.29, 1.82) is 0 Å². The minimum absolute atomic E-state index is 0.0475. The first kappa shape index (κ1) is 11.3. The van der Waals surface area contributed by atoms with Crippen molar-refractivity contribution < 1.29 is 13.0 Å². The molecule has 8 nitrogen and oxygen atoms in total. The number of rotatable bonds is 3. The third kappa shape index (κ3) is 2.02. The molecule has 5 N–H and O–H groups in total. The van der Waals surface area contributed by atoms with Crippen LogP contribution in [-0.4, -0.2) is 27.9 Å². The summed E-state index contributed by atoms with van der Waals surface area (Å²) in [7, 11) is -4.46. The molecular formula is C7H11N5O3S. The van der Waals surface area contributed by atoms with E-state index >= 15 is 0 Å². The Morgan fingerprint density at radius 3 is 2.38 bits per heavy atom. The minimum Gasteiger partial charge on any atom is -0.324 e. The molecule has 1 aliphatic carbocycles. The lowest BCUT2D eigenvalue weighted by Crippen LogP contribution is -2.25. The second kappa shape index (κ2) is 3.42. The zero-order valence-electron chi connectivity index (χ0n) is 8.29. The molecule has 2 rings (SSSR count). The van der Waals surface area contributed by atoms with E-state index in [1.54, 1.807) is 0 Å². The van der Waals surface area contributed by atoms with Gasteiger partial charge in [-0.2, -0.15) is 18.4 Å². The van der Waals surface area contributed by atoms with Crippen molar-refractivity contribution in [1.82, 2.24) is 15.0 Å². The highest BCUT2D eigenvalue weighted by atomic mass is 32.2. The third-order valence-electron chi connectivity index (χ3n) is 2.31. The van der Waals surface area contributed by atoms with Crippen molar-refractivity contribution in [2.75, 3.05) is 0 Å². The van der Waals surface area contributed by atoms with Gasteiger partial charge in [-0.05, 0) is 12.8 Å². The van der Waals surface area contributed by atoms with Gasteiger partial charge in [0.05, 0.1) is 12.1 Å². The van der Waals surface area contributed by atoms with Crippen LogP contribution in [0, 0.1) is 0 Å². The molecule has 1 aromatic rings. The Balaban J connectivity index is 2.56. The Kier molecular flexibility index (Phi) is 2.42. The first-order valence-electron chi connectivity index (χ1n) is 4.57. The minimum atomic E-state index is -4.46. The summed E-state index contributed by atoms with van der Waals surface area (Å²) in [6.45, 7) is -0.0475. The van der Waals surface area contributed by atoms with Crippen LogP contribution in [0.15, 0.2) is 5.16 Å². The molecular weight excluding hydrogens is 234 g/mol. The number of hydrogen-bond donors (Lipinski definition) is 3. The largest absolute Gasteiger partial charge is 0.330 e. The van der Waals surface area contributed by atoms with Gasteiger partial charge in [0.15, 0.2) is 5.82 Å². The van der Waals surface area contributed by atoms with Gasteiger partial charge in [0.1, 0.15) is 5.82 Å². The molecule has 0 radical (unpaired) electrons. The fraction of sp³-hybridized carbons (Fsp3) is 0.571. The van der Waals surface area contributed by atoms with E-state index in [1.165, 1.54) is 0 Å². The van der Waals surface area contributed by atoms with E-state index in [2.05, 4.69) is 15.0 Å². The normalized spacial score (nSPS) is 18.4. The van der Waals surface area contributed by atoms with Crippen molar-refractivity contribution in [3.63, 3.8) is 0 Å². The monoisotopic (exact) mass is 245 g/mol. The molecule has 1 aliphatic rings. The molecule has 0 amide bonds. The molecule has 1 fully saturated rings. The van der Waals surface area contributed by atoms with E-state index in [-0.39, 0.29) is 18.2 Å². The van der Waals surface area contributed by atoms with Gasteiger partial charge in [-0.1, -0.05) is 0 Å². The Bertz CT molecular complexity index is 525. The lowest BCUT2D eigenvalue weighted by molar-refractivity contribution is 0.468. The van der Waals surface area contributed by atoms with Gasteiger partial charge >= 0.3 is 10.1 Å². The Morgan fingerprint density at radius 2 is 1.94 bits per heavy atom. The van der Waals surface area contributed by atoms with E-state index < -0.39 is 20.8 Å². The van der Waals surface area contributed by atoms with E-state index in [0.29, 0.717) is 12.8 Å². The van der Waals surface area contributed by atoms with E-state index in [9.17, 15) is 8.42 Å². The van der Waals surface area contributed by atoms with Gasteiger partial charge in [-0.3, -0.25) is 4.55 Å². The standard InChI is InChI=1S/C7H11N5O3S/c8-3-4-10-5(7(9)1-2-7)12-6(11-4)16(13,14)15/h1-3,8-9H2,(H,13,14,15). The fourth-order valence-electron chi connectivity index (χ4n) is 1.19. The SMILES string of the molecule is NCc1nc(C2(N)CC2)nc(S(=O)(=O)O)n1. The maximum Gasteiger partial charge on any atom is 0.330 e. The van der Waals surface area contributed by atoms with E-state index in [1.807, 2.05) is 0 Å². The van der Waals surface area contributed by atoms with Gasteiger partial charge in [0, 0.05) is 0 Å². The Morgan fingerprint density at radius 1 is 1.31 bits per heavy atom. The zero-order valence-corrected chi connectivity index (χ0v) is 9.11. The van der Waals surface area contributed by atoms with Gasteiger partial charge in [0.2, 0.25) is 0 Å². The number of hydrogen-bond acceptors (Lipinski definition) is 7. The second-order valence-electron chi connectivity index (χ2n) is 3.69. The van der Waals surface area contributed by atoms with Crippen molar-refractivity contribution in [2.24, 2.45) is 11.5 Å². The predicted molar refractivity (Wildman–Crippen MR) is 52.6 cm³/mol. The van der Waals surface area contributed by atoms with Crippen molar-refractivity contribution in [2.45, 2.75) is 30.1 Å². The molecule has 0 aliphatic heterocycles. The highest BCUT2D eigenvalue weighted by Crippen LogP contribution is 2.40. The maximum absolute atomic E-state index is 10.9. The molecule has 0 bridgehead atoms. The summed E-state index contributed by atoms with van der Waals surface area (Å²) in [6.07, 6.45) is 1.35. The molecule has 1 saturated carbocycles. The average molecular weight is 245 g/mol. The summed E-state index contributed by atoms with van der Waals surface area (Å²) in [5.41, 5.74) is 10.5. The molecule has 0 saturated heterocycles. The number of nitrogens with two attached hydrogens (primary N) is 2. The molecule has 16 heavy (non-hydrogen) atoms. The van der Waals surface area contributed by atoms with E-state index in [0.717, 1.165) is 0 Å². The van der Waals surface area contributed by atoms with Crippen LogP contribution in [0.2, 0.25) is 0 Å². The number of nitrogens with zero attached hydrogens (tertiary/aromatic N) is 3. The van der Waals surface area contributed by atoms with Gasteiger partial charge in [0.25, 0.3) is 5.16 Å². The quantitative estimate of drug-likeness (QED) is 0.547. The third-order valence-corrected chi connectivity index (χ3v) is 2.95. The first-order valence-corrected chi connectivity index (χ1v) is 6.01. The molecule has 0 atom stereocenters. The van der Waals surface area contributed by atoms with Crippen LogP contribution in [0.3, 0.4) is 0 Å². The summed E-state index contributed by atoms with van der Waals surface area (Å²) < 4.78 is 30.7. The summed E-state index contributed by atoms with van der Waals surface area (Å²) in [5, 5.41) is -0.699. The lowest BCUT2D eigenvalue weighted by Gasteiger charge is -2.08. The summed E-state index contributed by atoms with van der Waals surface area (Å²) >= 11 is 0. The molecule has 0 aromatic carbocycles. The van der Waals surface area contributed by atoms with Crippen LogP contribution in [-0.2, 0) is 22.2 Å². The second-order valence-corrected chi connectivity index (χ2v) is 5.01. The fourth-order valence-corrected chi connectivity index (χ4v) is 1.61. The van der Waals surface area contributed by atoms with Crippen molar-refractivity contribution in [3.05, 3.63) is 11.6 Å². The highest BCUT2D eigenvalue weighted by molar-refractivity contribution is 7.85. The maximum atomic E-state index is 10.9. The molecule has 1 heterocycles. The Hall–Kier alpha value is -1.16. The van der Waals surface area contributed by atoms with Crippen LogP contribution < -0.4 is 11.5 Å². The molecule has 0 spiro atoms. The zero-order chi connectivity index (χ0) is 12.0. The topological polar surface area (TPSA) is 145 Å². The van der Waals surface area contributed by atoms with Crippen LogP contribution in [0.4, 0.5) is 0 Å².